The lowest BCUT2D eigenvalue weighted by atomic mass is 10.0. The first-order chi connectivity index (χ1) is 14.8. The number of likely N-dealkylation sites (tertiary alicyclic amines) is 1. The van der Waals surface area contributed by atoms with Crippen molar-refractivity contribution in [3.8, 4) is 0 Å². The monoisotopic (exact) mass is 448 g/mol. The summed E-state index contributed by atoms with van der Waals surface area (Å²) in [6, 6.07) is 8.06. The Labute approximate surface area is 190 Å². The van der Waals surface area contributed by atoms with Gasteiger partial charge in [-0.25, -0.2) is 9.59 Å². The summed E-state index contributed by atoms with van der Waals surface area (Å²) in [5.41, 5.74) is -0.403. The molecule has 1 aromatic rings. The summed E-state index contributed by atoms with van der Waals surface area (Å²) in [5.74, 6) is -0.809. The Bertz CT molecular complexity index is 782. The number of carbonyl (C=O) groups excluding carboxylic acids is 3. The molecule has 2 rings (SSSR count). The van der Waals surface area contributed by atoms with Gasteiger partial charge in [0.05, 0.1) is 0 Å². The van der Waals surface area contributed by atoms with E-state index in [9.17, 15) is 14.4 Å². The third-order valence-electron chi connectivity index (χ3n) is 4.71. The zero-order valence-corrected chi connectivity index (χ0v) is 20.0. The van der Waals surface area contributed by atoms with Gasteiger partial charge >= 0.3 is 18.0 Å². The Hall–Kier alpha value is -2.61. The van der Waals surface area contributed by atoms with Crippen LogP contribution in [-0.2, 0) is 30.4 Å². The van der Waals surface area contributed by atoms with Crippen molar-refractivity contribution in [3.05, 3.63) is 35.9 Å². The van der Waals surface area contributed by atoms with Crippen molar-refractivity contribution >= 4 is 18.0 Å². The van der Waals surface area contributed by atoms with Gasteiger partial charge < -0.3 is 19.5 Å². The number of hydrogen-bond donors (Lipinski definition) is 1. The molecule has 0 saturated carbocycles. The van der Waals surface area contributed by atoms with Crippen LogP contribution < -0.4 is 5.32 Å². The van der Waals surface area contributed by atoms with E-state index in [1.807, 2.05) is 56.0 Å². The predicted molar refractivity (Wildman–Crippen MR) is 120 cm³/mol. The van der Waals surface area contributed by atoms with E-state index in [-0.39, 0.29) is 25.0 Å². The second-order valence-electron chi connectivity index (χ2n) is 9.95. The van der Waals surface area contributed by atoms with Crippen LogP contribution in [-0.4, -0.2) is 59.3 Å². The molecule has 0 aromatic heterocycles. The Morgan fingerprint density at radius 3 is 2.19 bits per heavy atom. The minimum absolute atomic E-state index is 0.0978. The van der Waals surface area contributed by atoms with Crippen LogP contribution in [0.5, 0.6) is 0 Å². The molecular weight excluding hydrogens is 412 g/mol. The Balaban J connectivity index is 1.94. The number of nitrogens with zero attached hydrogens (tertiary/aromatic N) is 1. The van der Waals surface area contributed by atoms with Crippen LogP contribution in [0.2, 0.25) is 0 Å². The maximum Gasteiger partial charge on any atom is 0.408 e. The largest absolute Gasteiger partial charge is 0.459 e. The first-order valence-corrected chi connectivity index (χ1v) is 11.0. The molecule has 8 heteroatoms. The Kier molecular flexibility index (Phi) is 8.66. The summed E-state index contributed by atoms with van der Waals surface area (Å²) >= 11 is 0. The lowest BCUT2D eigenvalue weighted by molar-refractivity contribution is -0.166. The molecule has 0 bridgehead atoms. The second-order valence-corrected chi connectivity index (χ2v) is 9.95. The number of hydrogen-bond acceptors (Lipinski definition) is 7. The fourth-order valence-corrected chi connectivity index (χ4v) is 3.17. The van der Waals surface area contributed by atoms with Crippen LogP contribution in [0.3, 0.4) is 0 Å². The summed E-state index contributed by atoms with van der Waals surface area (Å²) in [5, 5.41) is 2.62. The van der Waals surface area contributed by atoms with Gasteiger partial charge in [0.25, 0.3) is 0 Å². The topological polar surface area (TPSA) is 94.2 Å². The molecular formula is C24H36N2O6. The molecule has 178 valence electrons. The standard InChI is InChI=1S/C24H36N2O6/c1-23(2,3)31-20(27)18(25-22(29)30-16-17-10-8-7-9-11-17)12-14-26-15-13-19(26)21(28)32-24(4,5)6/h7-11,18-19H,12-16H2,1-6H3,(H,25,29)/t18-,19-/m0/s1. The fraction of sp³-hybridized carbons (Fsp3) is 0.625. The number of rotatable bonds is 8. The van der Waals surface area contributed by atoms with Gasteiger partial charge in [0.2, 0.25) is 0 Å². The highest BCUT2D eigenvalue weighted by Crippen LogP contribution is 2.22. The van der Waals surface area contributed by atoms with Gasteiger partial charge in [-0.2, -0.15) is 0 Å². The van der Waals surface area contributed by atoms with Crippen molar-refractivity contribution in [2.75, 3.05) is 13.1 Å². The average molecular weight is 449 g/mol. The molecule has 0 spiro atoms. The first kappa shape index (κ1) is 25.6. The lowest BCUT2D eigenvalue weighted by Crippen LogP contribution is -2.55. The highest BCUT2D eigenvalue weighted by Gasteiger charge is 2.38. The van der Waals surface area contributed by atoms with E-state index in [2.05, 4.69) is 5.32 Å². The average Bonchev–Trinajstić information content (AvgIpc) is 2.62. The molecule has 1 amide bonds. The second kappa shape index (κ2) is 10.8. The summed E-state index contributed by atoms with van der Waals surface area (Å²) in [7, 11) is 0. The van der Waals surface area contributed by atoms with Crippen molar-refractivity contribution in [3.63, 3.8) is 0 Å². The SMILES string of the molecule is CC(C)(C)OC(=O)[C@H](CCN1CC[C@H]1C(=O)OC(C)(C)C)NC(=O)OCc1ccccc1. The molecule has 1 aliphatic heterocycles. The summed E-state index contributed by atoms with van der Waals surface area (Å²) < 4.78 is 16.2. The molecule has 0 radical (unpaired) electrons. The molecule has 8 nitrogen and oxygen atoms in total. The maximum atomic E-state index is 12.7. The Morgan fingerprint density at radius 2 is 1.66 bits per heavy atom. The molecule has 1 N–H and O–H groups in total. The van der Waals surface area contributed by atoms with Crippen molar-refractivity contribution in [1.82, 2.24) is 10.2 Å². The number of alkyl carbamates (subject to hydrolysis) is 1. The van der Waals surface area contributed by atoms with E-state index in [4.69, 9.17) is 14.2 Å². The van der Waals surface area contributed by atoms with Crippen LogP contribution in [0.4, 0.5) is 4.79 Å². The zero-order chi connectivity index (χ0) is 23.9. The number of benzene rings is 1. The highest BCUT2D eigenvalue weighted by atomic mass is 16.6. The molecule has 32 heavy (non-hydrogen) atoms. The zero-order valence-electron chi connectivity index (χ0n) is 20.0. The normalized spacial score (nSPS) is 17.6. The summed E-state index contributed by atoms with van der Waals surface area (Å²) in [6.07, 6.45) is 0.296. The van der Waals surface area contributed by atoms with E-state index in [1.165, 1.54) is 0 Å². The quantitative estimate of drug-likeness (QED) is 0.481. The van der Waals surface area contributed by atoms with Gasteiger partial charge in [-0.15, -0.1) is 0 Å². The molecule has 0 unspecified atom stereocenters. The highest BCUT2D eigenvalue weighted by molar-refractivity contribution is 5.81. The van der Waals surface area contributed by atoms with Gasteiger partial charge in [-0.05, 0) is 59.9 Å². The van der Waals surface area contributed by atoms with Crippen LogP contribution in [0.15, 0.2) is 30.3 Å². The van der Waals surface area contributed by atoms with Gasteiger partial charge in [0, 0.05) is 13.1 Å². The number of nitrogens with one attached hydrogen (secondary N) is 1. The fourth-order valence-electron chi connectivity index (χ4n) is 3.17. The smallest absolute Gasteiger partial charge is 0.408 e. The van der Waals surface area contributed by atoms with E-state index >= 15 is 0 Å². The van der Waals surface area contributed by atoms with Gasteiger partial charge in [-0.3, -0.25) is 9.69 Å². The molecule has 1 aliphatic rings. The van der Waals surface area contributed by atoms with Gasteiger partial charge in [0.1, 0.15) is 29.9 Å². The minimum atomic E-state index is -0.891. The molecule has 1 fully saturated rings. The maximum absolute atomic E-state index is 12.7. The predicted octanol–water partition coefficient (Wildman–Crippen LogP) is 3.43. The number of carbonyl (C=O) groups is 3. The molecule has 1 aromatic carbocycles. The van der Waals surface area contributed by atoms with Crippen LogP contribution in [0, 0.1) is 0 Å². The third-order valence-corrected chi connectivity index (χ3v) is 4.71. The Morgan fingerprint density at radius 1 is 1.03 bits per heavy atom. The van der Waals surface area contributed by atoms with E-state index < -0.39 is 29.3 Å². The number of esters is 2. The van der Waals surface area contributed by atoms with Crippen LogP contribution >= 0.6 is 0 Å². The summed E-state index contributed by atoms with van der Waals surface area (Å²) in [6.45, 7) is 12.1. The summed E-state index contributed by atoms with van der Waals surface area (Å²) in [4.78, 5) is 39.3. The molecule has 1 saturated heterocycles. The minimum Gasteiger partial charge on any atom is -0.459 e. The molecule has 0 aliphatic carbocycles. The van der Waals surface area contributed by atoms with Crippen molar-refractivity contribution in [2.45, 2.75) is 84.3 Å². The first-order valence-electron chi connectivity index (χ1n) is 11.0. The number of amides is 1. The van der Waals surface area contributed by atoms with Crippen molar-refractivity contribution in [1.29, 1.82) is 0 Å². The van der Waals surface area contributed by atoms with Crippen molar-refractivity contribution < 1.29 is 28.6 Å². The van der Waals surface area contributed by atoms with E-state index in [0.717, 1.165) is 12.1 Å². The van der Waals surface area contributed by atoms with E-state index in [0.29, 0.717) is 13.0 Å². The van der Waals surface area contributed by atoms with Gasteiger partial charge in [-0.1, -0.05) is 30.3 Å². The number of ether oxygens (including phenoxy) is 3. The molecule has 1 heterocycles. The van der Waals surface area contributed by atoms with E-state index in [1.54, 1.807) is 20.8 Å². The van der Waals surface area contributed by atoms with Gasteiger partial charge in [0.15, 0.2) is 0 Å². The molecule has 2 atom stereocenters. The van der Waals surface area contributed by atoms with Crippen LogP contribution in [0.25, 0.3) is 0 Å². The van der Waals surface area contributed by atoms with Crippen molar-refractivity contribution in [2.24, 2.45) is 0 Å². The van der Waals surface area contributed by atoms with Crippen LogP contribution in [0.1, 0.15) is 59.9 Å². The lowest BCUT2D eigenvalue weighted by Gasteiger charge is -2.40. The third kappa shape index (κ3) is 8.86.